The molecule has 1 amide bonds. The number of amides is 1. The molecule has 0 radical (unpaired) electrons. The first-order chi connectivity index (χ1) is 12.6. The van der Waals surface area contributed by atoms with Gasteiger partial charge >= 0.3 is 5.97 Å². The minimum Gasteiger partial charge on any atom is -0.497 e. The highest BCUT2D eigenvalue weighted by molar-refractivity contribution is 5.77. The Labute approximate surface area is 155 Å². The summed E-state index contributed by atoms with van der Waals surface area (Å²) in [6.07, 6.45) is 6.66. The van der Waals surface area contributed by atoms with Gasteiger partial charge in [-0.2, -0.15) is 0 Å². The first-order valence-corrected chi connectivity index (χ1v) is 9.73. The summed E-state index contributed by atoms with van der Waals surface area (Å²) in [5.41, 5.74) is 2.61. The number of methoxy groups -OCH3 is 1. The molecule has 1 aliphatic carbocycles. The van der Waals surface area contributed by atoms with E-state index in [0.29, 0.717) is 25.3 Å². The highest BCUT2D eigenvalue weighted by Crippen LogP contribution is 2.36. The minimum absolute atomic E-state index is 0.199. The molecule has 2 aliphatic rings. The van der Waals surface area contributed by atoms with Crippen LogP contribution in [0.3, 0.4) is 0 Å². The molecule has 1 aromatic carbocycles. The number of aryl methyl sites for hydroxylation is 1. The zero-order chi connectivity index (χ0) is 18.5. The Kier molecular flexibility index (Phi) is 6.17. The summed E-state index contributed by atoms with van der Waals surface area (Å²) < 4.78 is 5.33. The number of aliphatic carboxylic acids is 1. The highest BCUT2D eigenvalue weighted by atomic mass is 16.5. The number of hydrogen-bond acceptors (Lipinski definition) is 3. The van der Waals surface area contributed by atoms with Crippen molar-refractivity contribution in [3.05, 3.63) is 29.3 Å². The molecule has 2 atom stereocenters. The number of rotatable bonds is 6. The fourth-order valence-corrected chi connectivity index (χ4v) is 4.42. The van der Waals surface area contributed by atoms with Gasteiger partial charge in [0.25, 0.3) is 0 Å². The van der Waals surface area contributed by atoms with E-state index in [2.05, 4.69) is 12.1 Å². The number of fused-ring (bicyclic) bond motifs is 1. The Morgan fingerprint density at radius 2 is 2.12 bits per heavy atom. The van der Waals surface area contributed by atoms with Crippen LogP contribution in [-0.4, -0.2) is 42.1 Å². The topological polar surface area (TPSA) is 66.8 Å². The predicted molar refractivity (Wildman–Crippen MR) is 99.5 cm³/mol. The fraction of sp³-hybridized carbons (Fsp3) is 0.619. The van der Waals surface area contributed by atoms with Crippen molar-refractivity contribution in [2.24, 2.45) is 5.92 Å². The van der Waals surface area contributed by atoms with E-state index in [1.807, 2.05) is 11.0 Å². The van der Waals surface area contributed by atoms with Crippen LogP contribution in [0.2, 0.25) is 0 Å². The SMILES string of the molecule is COc1ccc2c(c1)CCCC2CC(=O)N1CCCC(CCC(=O)O)C1. The lowest BCUT2D eigenvalue weighted by molar-refractivity contribution is -0.137. The maximum atomic E-state index is 12.9. The van der Waals surface area contributed by atoms with Crippen molar-refractivity contribution in [3.8, 4) is 5.75 Å². The molecule has 26 heavy (non-hydrogen) atoms. The van der Waals surface area contributed by atoms with Gasteiger partial charge in [-0.1, -0.05) is 6.07 Å². The van der Waals surface area contributed by atoms with E-state index in [9.17, 15) is 9.59 Å². The zero-order valence-electron chi connectivity index (χ0n) is 15.6. The Morgan fingerprint density at radius 3 is 2.88 bits per heavy atom. The van der Waals surface area contributed by atoms with E-state index in [-0.39, 0.29) is 18.2 Å². The smallest absolute Gasteiger partial charge is 0.303 e. The lowest BCUT2D eigenvalue weighted by Gasteiger charge is -2.34. The summed E-state index contributed by atoms with van der Waals surface area (Å²) in [5.74, 6) is 0.970. The van der Waals surface area contributed by atoms with Gasteiger partial charge in [-0.05, 0) is 73.6 Å². The molecule has 1 aromatic rings. The number of ether oxygens (including phenoxy) is 1. The van der Waals surface area contributed by atoms with Crippen molar-refractivity contribution in [2.45, 2.75) is 57.3 Å². The largest absolute Gasteiger partial charge is 0.497 e. The first-order valence-electron chi connectivity index (χ1n) is 9.73. The van der Waals surface area contributed by atoms with Gasteiger partial charge in [-0.3, -0.25) is 9.59 Å². The predicted octanol–water partition coefficient (Wildman–Crippen LogP) is 3.61. The summed E-state index contributed by atoms with van der Waals surface area (Å²) in [6.45, 7) is 1.53. The normalized spacial score (nSPS) is 22.6. The molecule has 1 saturated heterocycles. The molecule has 0 aromatic heterocycles. The van der Waals surface area contributed by atoms with Gasteiger partial charge in [0.1, 0.15) is 5.75 Å². The van der Waals surface area contributed by atoms with Crippen LogP contribution in [0.5, 0.6) is 5.75 Å². The van der Waals surface area contributed by atoms with Gasteiger partial charge in [0.05, 0.1) is 7.11 Å². The summed E-state index contributed by atoms with van der Waals surface area (Å²) in [7, 11) is 1.68. The third kappa shape index (κ3) is 4.57. The van der Waals surface area contributed by atoms with E-state index in [0.717, 1.165) is 44.4 Å². The van der Waals surface area contributed by atoms with Crippen LogP contribution >= 0.6 is 0 Å². The van der Waals surface area contributed by atoms with Gasteiger partial charge in [0.15, 0.2) is 0 Å². The second kappa shape index (κ2) is 8.56. The number of carboxylic acid groups (broad SMARTS) is 1. The molecule has 5 heteroatoms. The number of piperidine rings is 1. The Morgan fingerprint density at radius 1 is 1.27 bits per heavy atom. The maximum absolute atomic E-state index is 12.9. The quantitative estimate of drug-likeness (QED) is 0.842. The summed E-state index contributed by atoms with van der Waals surface area (Å²) in [6, 6.07) is 6.22. The molecule has 5 nitrogen and oxygen atoms in total. The second-order valence-corrected chi connectivity index (χ2v) is 7.64. The first kappa shape index (κ1) is 18.7. The molecule has 142 valence electrons. The van der Waals surface area contributed by atoms with Crippen LogP contribution < -0.4 is 4.74 Å². The second-order valence-electron chi connectivity index (χ2n) is 7.64. The number of nitrogens with zero attached hydrogens (tertiary/aromatic N) is 1. The van der Waals surface area contributed by atoms with Gasteiger partial charge in [-0.15, -0.1) is 0 Å². The Balaban J connectivity index is 1.61. The maximum Gasteiger partial charge on any atom is 0.303 e. The average molecular weight is 359 g/mol. The lowest BCUT2D eigenvalue weighted by atomic mass is 9.80. The average Bonchev–Trinajstić information content (AvgIpc) is 2.66. The van der Waals surface area contributed by atoms with E-state index in [1.54, 1.807) is 7.11 Å². The lowest BCUT2D eigenvalue weighted by Crippen LogP contribution is -2.40. The van der Waals surface area contributed by atoms with Crippen LogP contribution in [0, 0.1) is 5.92 Å². The molecule has 2 unspecified atom stereocenters. The standard InChI is InChI=1S/C21H29NO4/c1-26-18-8-9-19-16(12-18)5-2-6-17(19)13-20(23)22-11-3-4-15(14-22)7-10-21(24)25/h8-9,12,15,17H,2-7,10-11,13-14H2,1H3,(H,24,25). The monoisotopic (exact) mass is 359 g/mol. The molecule has 1 heterocycles. The van der Waals surface area contributed by atoms with Gasteiger partial charge < -0.3 is 14.7 Å². The van der Waals surface area contributed by atoms with E-state index >= 15 is 0 Å². The fourth-order valence-electron chi connectivity index (χ4n) is 4.42. The van der Waals surface area contributed by atoms with Crippen LogP contribution in [0.15, 0.2) is 18.2 Å². The summed E-state index contributed by atoms with van der Waals surface area (Å²) in [4.78, 5) is 25.6. The molecule has 1 fully saturated rings. The number of carbonyl (C=O) groups is 2. The van der Waals surface area contributed by atoms with Crippen molar-refractivity contribution in [2.75, 3.05) is 20.2 Å². The molecule has 0 bridgehead atoms. The number of carbonyl (C=O) groups excluding carboxylic acids is 1. The molecular formula is C21H29NO4. The third-order valence-electron chi connectivity index (χ3n) is 5.85. The molecule has 3 rings (SSSR count). The minimum atomic E-state index is -0.748. The summed E-state index contributed by atoms with van der Waals surface area (Å²) in [5, 5.41) is 8.88. The number of benzene rings is 1. The molecular weight excluding hydrogens is 330 g/mol. The summed E-state index contributed by atoms with van der Waals surface area (Å²) >= 11 is 0. The van der Waals surface area contributed by atoms with Gasteiger partial charge in [0, 0.05) is 25.9 Å². The molecule has 1 N–H and O–H groups in total. The van der Waals surface area contributed by atoms with Crippen molar-refractivity contribution in [3.63, 3.8) is 0 Å². The molecule has 0 spiro atoms. The number of hydrogen-bond donors (Lipinski definition) is 1. The highest BCUT2D eigenvalue weighted by Gasteiger charge is 2.28. The Bertz CT molecular complexity index is 657. The number of carboxylic acids is 1. The zero-order valence-corrected chi connectivity index (χ0v) is 15.6. The Hall–Kier alpha value is -2.04. The van der Waals surface area contributed by atoms with Gasteiger partial charge in [-0.25, -0.2) is 0 Å². The van der Waals surface area contributed by atoms with Gasteiger partial charge in [0.2, 0.25) is 5.91 Å². The van der Waals surface area contributed by atoms with E-state index in [4.69, 9.17) is 9.84 Å². The van der Waals surface area contributed by atoms with Crippen molar-refractivity contribution < 1.29 is 19.4 Å². The third-order valence-corrected chi connectivity index (χ3v) is 5.85. The van der Waals surface area contributed by atoms with E-state index in [1.165, 1.54) is 11.1 Å². The molecule has 1 aliphatic heterocycles. The molecule has 0 saturated carbocycles. The van der Waals surface area contributed by atoms with Crippen molar-refractivity contribution in [1.29, 1.82) is 0 Å². The van der Waals surface area contributed by atoms with Crippen molar-refractivity contribution >= 4 is 11.9 Å². The van der Waals surface area contributed by atoms with Crippen LogP contribution in [0.1, 0.15) is 62.0 Å². The van der Waals surface area contributed by atoms with Crippen LogP contribution in [0.25, 0.3) is 0 Å². The van der Waals surface area contributed by atoms with E-state index < -0.39 is 5.97 Å². The van der Waals surface area contributed by atoms with Crippen LogP contribution in [0.4, 0.5) is 0 Å². The van der Waals surface area contributed by atoms with Crippen LogP contribution in [-0.2, 0) is 16.0 Å². The van der Waals surface area contributed by atoms with Crippen molar-refractivity contribution in [1.82, 2.24) is 4.90 Å². The number of likely N-dealkylation sites (tertiary alicyclic amines) is 1.